The molecular formula is C20H17N7S. The van der Waals surface area contributed by atoms with Crippen LogP contribution in [0.25, 0.3) is 26.1 Å². The molecule has 0 fully saturated rings. The first-order valence-electron chi connectivity index (χ1n) is 8.90. The highest BCUT2D eigenvalue weighted by molar-refractivity contribution is 7.25. The van der Waals surface area contributed by atoms with E-state index in [2.05, 4.69) is 49.6 Å². The molecule has 0 bridgehead atoms. The largest absolute Gasteiger partial charge is 0.365 e. The van der Waals surface area contributed by atoms with Gasteiger partial charge in [-0.05, 0) is 43.2 Å². The normalized spacial score (nSPS) is 11.4. The van der Waals surface area contributed by atoms with Gasteiger partial charge < -0.3 is 5.32 Å². The average Bonchev–Trinajstić information content (AvgIpc) is 3.38. The van der Waals surface area contributed by atoms with E-state index in [9.17, 15) is 0 Å². The number of fused-ring (bicyclic) bond motifs is 3. The van der Waals surface area contributed by atoms with Crippen molar-refractivity contribution in [3.05, 3.63) is 65.9 Å². The van der Waals surface area contributed by atoms with Gasteiger partial charge in [-0.1, -0.05) is 12.1 Å². The fourth-order valence-electron chi connectivity index (χ4n) is 3.22. The summed E-state index contributed by atoms with van der Waals surface area (Å²) < 4.78 is 2.85. The first-order chi connectivity index (χ1) is 13.7. The average molecular weight is 387 g/mol. The lowest BCUT2D eigenvalue weighted by Crippen LogP contribution is -2.03. The Morgan fingerprint density at radius 1 is 1.11 bits per heavy atom. The number of aromatic nitrogens is 6. The third-order valence-corrected chi connectivity index (χ3v) is 5.87. The smallest absolute Gasteiger partial charge is 0.149 e. The van der Waals surface area contributed by atoms with Crippen LogP contribution < -0.4 is 5.32 Å². The fourth-order valence-corrected chi connectivity index (χ4v) is 4.32. The standard InChI is InChI=1S/C20H17N7S/c1-12-13(2)25-26-20-16(12)17-18(28-20)19(23-11-22-17)21-10-14-5-3-6-15(9-14)27-8-4-7-24-27/h3-9,11H,10H2,1-2H3,(H,21,22,23). The number of nitrogens with one attached hydrogen (secondary N) is 1. The summed E-state index contributed by atoms with van der Waals surface area (Å²) in [4.78, 5) is 9.87. The highest BCUT2D eigenvalue weighted by atomic mass is 32.1. The van der Waals surface area contributed by atoms with Gasteiger partial charge in [0, 0.05) is 24.3 Å². The molecule has 0 aliphatic heterocycles. The Bertz CT molecular complexity index is 1290. The van der Waals surface area contributed by atoms with Crippen LogP contribution in [0, 0.1) is 13.8 Å². The van der Waals surface area contributed by atoms with Crippen molar-refractivity contribution >= 4 is 37.6 Å². The van der Waals surface area contributed by atoms with E-state index in [1.54, 1.807) is 23.9 Å². The zero-order valence-corrected chi connectivity index (χ0v) is 16.2. The van der Waals surface area contributed by atoms with Crippen LogP contribution in [0.15, 0.2) is 49.1 Å². The summed E-state index contributed by atoms with van der Waals surface area (Å²) in [6, 6.07) is 10.2. The van der Waals surface area contributed by atoms with Gasteiger partial charge in [-0.2, -0.15) is 10.2 Å². The molecule has 0 unspecified atom stereocenters. The number of rotatable bonds is 4. The summed E-state index contributed by atoms with van der Waals surface area (Å²) in [5.41, 5.74) is 5.15. The second-order valence-corrected chi connectivity index (χ2v) is 7.57. The molecule has 5 aromatic rings. The van der Waals surface area contributed by atoms with Crippen molar-refractivity contribution in [3.8, 4) is 5.69 Å². The minimum atomic E-state index is 0.652. The van der Waals surface area contributed by atoms with Crippen molar-refractivity contribution in [2.75, 3.05) is 5.32 Å². The van der Waals surface area contributed by atoms with E-state index < -0.39 is 0 Å². The van der Waals surface area contributed by atoms with Crippen LogP contribution in [-0.4, -0.2) is 29.9 Å². The number of benzene rings is 1. The van der Waals surface area contributed by atoms with Gasteiger partial charge in [-0.25, -0.2) is 14.6 Å². The molecule has 28 heavy (non-hydrogen) atoms. The van der Waals surface area contributed by atoms with Crippen LogP contribution in [0.2, 0.25) is 0 Å². The van der Waals surface area contributed by atoms with Crippen molar-refractivity contribution < 1.29 is 0 Å². The predicted octanol–water partition coefficient (Wildman–Crippen LogP) is 4.05. The SMILES string of the molecule is Cc1nnc2sc3c(NCc4cccc(-n5cccn5)c4)ncnc3c2c1C. The summed E-state index contributed by atoms with van der Waals surface area (Å²) in [6.07, 6.45) is 5.31. The number of hydrogen-bond donors (Lipinski definition) is 1. The third kappa shape index (κ3) is 2.78. The third-order valence-electron chi connectivity index (χ3n) is 4.80. The van der Waals surface area contributed by atoms with Crippen molar-refractivity contribution in [2.24, 2.45) is 0 Å². The van der Waals surface area contributed by atoms with Crippen LogP contribution in [0.5, 0.6) is 0 Å². The number of anilines is 1. The molecule has 1 aromatic carbocycles. The van der Waals surface area contributed by atoms with Gasteiger partial charge in [0.2, 0.25) is 0 Å². The van der Waals surface area contributed by atoms with Crippen LogP contribution in [0.1, 0.15) is 16.8 Å². The van der Waals surface area contributed by atoms with Gasteiger partial charge in [0.05, 0.1) is 21.6 Å². The van der Waals surface area contributed by atoms with Gasteiger partial charge in [0.1, 0.15) is 17.0 Å². The van der Waals surface area contributed by atoms with Gasteiger partial charge in [0.15, 0.2) is 0 Å². The maximum absolute atomic E-state index is 4.51. The fraction of sp³-hybridized carbons (Fsp3) is 0.150. The van der Waals surface area contributed by atoms with Crippen molar-refractivity contribution in [1.29, 1.82) is 0 Å². The van der Waals surface area contributed by atoms with E-state index in [1.165, 1.54) is 0 Å². The predicted molar refractivity (Wildman–Crippen MR) is 111 cm³/mol. The molecule has 8 heteroatoms. The van der Waals surface area contributed by atoms with E-state index in [-0.39, 0.29) is 0 Å². The molecule has 4 heterocycles. The van der Waals surface area contributed by atoms with E-state index in [1.807, 2.05) is 36.0 Å². The van der Waals surface area contributed by atoms with Gasteiger partial charge >= 0.3 is 0 Å². The molecule has 0 aliphatic carbocycles. The molecule has 7 nitrogen and oxygen atoms in total. The zero-order chi connectivity index (χ0) is 19.1. The molecule has 0 spiro atoms. The molecule has 4 aromatic heterocycles. The monoisotopic (exact) mass is 387 g/mol. The molecule has 0 saturated heterocycles. The number of hydrogen-bond acceptors (Lipinski definition) is 7. The molecule has 5 rings (SSSR count). The summed E-state index contributed by atoms with van der Waals surface area (Å²) in [5, 5.41) is 17.4. The second kappa shape index (κ2) is 6.65. The minimum Gasteiger partial charge on any atom is -0.365 e. The Morgan fingerprint density at radius 2 is 2.04 bits per heavy atom. The second-order valence-electron chi connectivity index (χ2n) is 6.57. The molecule has 0 saturated carbocycles. The Kier molecular flexibility index (Phi) is 3.98. The van der Waals surface area contributed by atoms with E-state index in [4.69, 9.17) is 0 Å². The van der Waals surface area contributed by atoms with Crippen LogP contribution >= 0.6 is 11.3 Å². The molecule has 138 valence electrons. The Morgan fingerprint density at radius 3 is 2.89 bits per heavy atom. The molecular weight excluding hydrogens is 370 g/mol. The van der Waals surface area contributed by atoms with Crippen LogP contribution in [0.4, 0.5) is 5.82 Å². The van der Waals surface area contributed by atoms with Crippen LogP contribution in [-0.2, 0) is 6.54 Å². The minimum absolute atomic E-state index is 0.652. The van der Waals surface area contributed by atoms with Crippen molar-refractivity contribution in [2.45, 2.75) is 20.4 Å². The quantitative estimate of drug-likeness (QED) is 0.501. The molecule has 0 radical (unpaired) electrons. The summed E-state index contributed by atoms with van der Waals surface area (Å²) >= 11 is 1.57. The maximum atomic E-state index is 4.51. The lowest BCUT2D eigenvalue weighted by atomic mass is 10.1. The highest BCUT2D eigenvalue weighted by Crippen LogP contribution is 2.36. The van der Waals surface area contributed by atoms with E-state index in [0.29, 0.717) is 6.54 Å². The summed E-state index contributed by atoms with van der Waals surface area (Å²) in [6.45, 7) is 4.69. The van der Waals surface area contributed by atoms with Gasteiger partial charge in [0.25, 0.3) is 0 Å². The number of aryl methyl sites for hydroxylation is 2. The molecule has 0 atom stereocenters. The first kappa shape index (κ1) is 16.8. The lowest BCUT2D eigenvalue weighted by molar-refractivity contribution is 0.877. The Labute approximate surface area is 165 Å². The topological polar surface area (TPSA) is 81.4 Å². The Hall–Kier alpha value is -3.39. The van der Waals surface area contributed by atoms with Crippen molar-refractivity contribution in [3.63, 3.8) is 0 Å². The highest BCUT2D eigenvalue weighted by Gasteiger charge is 2.15. The van der Waals surface area contributed by atoms with Gasteiger partial charge in [-0.3, -0.25) is 0 Å². The molecule has 0 amide bonds. The number of nitrogens with zero attached hydrogens (tertiary/aromatic N) is 6. The summed E-state index contributed by atoms with van der Waals surface area (Å²) in [5.74, 6) is 0.814. The summed E-state index contributed by atoms with van der Waals surface area (Å²) in [7, 11) is 0. The molecule has 0 aliphatic rings. The van der Waals surface area contributed by atoms with E-state index in [0.717, 1.165) is 48.8 Å². The lowest BCUT2D eigenvalue weighted by Gasteiger charge is -2.08. The van der Waals surface area contributed by atoms with Crippen LogP contribution in [0.3, 0.4) is 0 Å². The van der Waals surface area contributed by atoms with E-state index >= 15 is 0 Å². The Balaban J connectivity index is 1.49. The first-order valence-corrected chi connectivity index (χ1v) is 9.72. The number of thiophene rings is 1. The zero-order valence-electron chi connectivity index (χ0n) is 15.4. The molecule has 1 N–H and O–H groups in total. The van der Waals surface area contributed by atoms with Crippen molar-refractivity contribution in [1.82, 2.24) is 29.9 Å². The maximum Gasteiger partial charge on any atom is 0.149 e. The van der Waals surface area contributed by atoms with Gasteiger partial charge in [-0.15, -0.1) is 16.4 Å².